The molecule has 0 saturated carbocycles. The summed E-state index contributed by atoms with van der Waals surface area (Å²) in [5.41, 5.74) is 8.33. The minimum atomic E-state index is 0. The van der Waals surface area contributed by atoms with E-state index in [4.69, 9.17) is 5.73 Å². The van der Waals surface area contributed by atoms with Crippen LogP contribution in [0.2, 0.25) is 0 Å². The van der Waals surface area contributed by atoms with Gasteiger partial charge >= 0.3 is 0 Å². The average molecular weight is 319 g/mol. The first kappa shape index (κ1) is 19.2. The number of nitrogens with zero attached hydrogens (tertiary/aromatic N) is 2. The van der Waals surface area contributed by atoms with E-state index in [1.165, 1.54) is 5.57 Å². The number of nitrogen functional groups attached to an aromatic ring is 1. The number of nitrogens with one attached hydrogen (secondary N) is 1. The third-order valence-electron chi connectivity index (χ3n) is 3.36. The minimum absolute atomic E-state index is 0. The second-order valence-electron chi connectivity index (χ2n) is 4.94. The Balaban J connectivity index is 0.00000180. The predicted octanol–water partition coefficient (Wildman–Crippen LogP) is 2.42. The van der Waals surface area contributed by atoms with Crippen LogP contribution in [0.4, 0.5) is 5.82 Å². The Hall–Kier alpha value is -0.810. The minimum Gasteiger partial charge on any atom is -0.383 e. The molecule has 0 spiro atoms. The third kappa shape index (κ3) is 4.94. The molecule has 4 nitrogen and oxygen atoms in total. The van der Waals surface area contributed by atoms with E-state index in [-0.39, 0.29) is 24.8 Å². The van der Waals surface area contributed by atoms with Crippen molar-refractivity contribution in [1.29, 1.82) is 0 Å². The van der Waals surface area contributed by atoms with Gasteiger partial charge in [-0.05, 0) is 19.4 Å². The van der Waals surface area contributed by atoms with E-state index in [0.29, 0.717) is 11.9 Å². The smallest absolute Gasteiger partial charge is 0.128 e. The molecule has 0 amide bonds. The number of hydrogen-bond donors (Lipinski definition) is 2. The van der Waals surface area contributed by atoms with Crippen LogP contribution in [0.15, 0.2) is 30.5 Å². The first-order chi connectivity index (χ1) is 8.68. The van der Waals surface area contributed by atoms with Gasteiger partial charge in [-0.1, -0.05) is 11.6 Å². The molecule has 1 aromatic heterocycles. The quantitative estimate of drug-likeness (QED) is 0.837. The van der Waals surface area contributed by atoms with Crippen molar-refractivity contribution in [3.8, 4) is 0 Å². The fourth-order valence-corrected chi connectivity index (χ4v) is 2.47. The van der Waals surface area contributed by atoms with Gasteiger partial charge in [-0.15, -0.1) is 31.4 Å². The van der Waals surface area contributed by atoms with Crippen LogP contribution in [0.3, 0.4) is 0 Å². The highest BCUT2D eigenvalue weighted by Crippen LogP contribution is 2.30. The molecule has 2 heterocycles. The first-order valence-corrected chi connectivity index (χ1v) is 6.48. The molecule has 1 atom stereocenters. The molecule has 1 aliphatic heterocycles. The van der Waals surface area contributed by atoms with Crippen molar-refractivity contribution in [2.75, 3.05) is 31.9 Å². The Morgan fingerprint density at radius 2 is 2.10 bits per heavy atom. The predicted molar refractivity (Wildman–Crippen MR) is 89.8 cm³/mol. The normalized spacial score (nSPS) is 16.6. The Kier molecular flexibility index (Phi) is 8.81. The Bertz CT molecular complexity index is 419. The van der Waals surface area contributed by atoms with Gasteiger partial charge in [0.05, 0.1) is 0 Å². The standard InChI is InChI=1S/C14H22N4.2ClH/c1-11(2)10-13(18-8-6-16-7-9-18)12-4-3-5-17-14(12)15;;/h3-5,13,16H,1,6-10H2,2H3,(H2,15,17);2*1H/t13-;;/m0../s1. The molecule has 1 fully saturated rings. The molecule has 1 aromatic rings. The van der Waals surface area contributed by atoms with Crippen molar-refractivity contribution >= 4 is 30.6 Å². The van der Waals surface area contributed by atoms with Gasteiger partial charge in [0, 0.05) is 44.0 Å². The summed E-state index contributed by atoms with van der Waals surface area (Å²) >= 11 is 0. The molecular weight excluding hydrogens is 295 g/mol. The van der Waals surface area contributed by atoms with Crippen molar-refractivity contribution < 1.29 is 0 Å². The summed E-state index contributed by atoms with van der Waals surface area (Å²) < 4.78 is 0. The maximum atomic E-state index is 6.02. The van der Waals surface area contributed by atoms with Crippen molar-refractivity contribution in [2.24, 2.45) is 0 Å². The van der Waals surface area contributed by atoms with Crippen molar-refractivity contribution in [3.63, 3.8) is 0 Å². The van der Waals surface area contributed by atoms with Crippen molar-refractivity contribution in [3.05, 3.63) is 36.0 Å². The van der Waals surface area contributed by atoms with E-state index in [1.54, 1.807) is 6.20 Å². The van der Waals surface area contributed by atoms with E-state index in [0.717, 1.165) is 38.2 Å². The van der Waals surface area contributed by atoms with Crippen LogP contribution in [-0.4, -0.2) is 36.1 Å². The van der Waals surface area contributed by atoms with Gasteiger partial charge in [-0.2, -0.15) is 0 Å². The molecule has 1 aliphatic rings. The second kappa shape index (κ2) is 9.19. The zero-order valence-electron chi connectivity index (χ0n) is 11.8. The molecule has 20 heavy (non-hydrogen) atoms. The molecule has 3 N–H and O–H groups in total. The first-order valence-electron chi connectivity index (χ1n) is 6.48. The van der Waals surface area contributed by atoms with Crippen LogP contribution in [0, 0.1) is 0 Å². The topological polar surface area (TPSA) is 54.2 Å². The largest absolute Gasteiger partial charge is 0.383 e. The van der Waals surface area contributed by atoms with Crippen LogP contribution in [-0.2, 0) is 0 Å². The molecule has 0 unspecified atom stereocenters. The number of rotatable bonds is 4. The number of hydrogen-bond acceptors (Lipinski definition) is 4. The van der Waals surface area contributed by atoms with E-state index < -0.39 is 0 Å². The van der Waals surface area contributed by atoms with Crippen LogP contribution in [0.5, 0.6) is 0 Å². The van der Waals surface area contributed by atoms with Crippen molar-refractivity contribution in [2.45, 2.75) is 19.4 Å². The molecule has 6 heteroatoms. The van der Waals surface area contributed by atoms with Gasteiger partial charge in [0.2, 0.25) is 0 Å². The summed E-state index contributed by atoms with van der Waals surface area (Å²) in [6, 6.07) is 4.34. The monoisotopic (exact) mass is 318 g/mol. The molecular formula is C14H24Cl2N4. The van der Waals surface area contributed by atoms with Crippen LogP contribution in [0.25, 0.3) is 0 Å². The molecule has 1 saturated heterocycles. The zero-order chi connectivity index (χ0) is 13.0. The summed E-state index contributed by atoms with van der Waals surface area (Å²) in [6.45, 7) is 10.3. The highest BCUT2D eigenvalue weighted by molar-refractivity contribution is 5.85. The number of anilines is 1. The molecule has 114 valence electrons. The highest BCUT2D eigenvalue weighted by Gasteiger charge is 2.23. The Morgan fingerprint density at radius 3 is 2.65 bits per heavy atom. The van der Waals surface area contributed by atoms with E-state index in [9.17, 15) is 0 Å². The number of aromatic nitrogens is 1. The van der Waals surface area contributed by atoms with Gasteiger partial charge in [-0.25, -0.2) is 4.98 Å². The zero-order valence-corrected chi connectivity index (χ0v) is 13.5. The van der Waals surface area contributed by atoms with E-state index in [2.05, 4.69) is 34.8 Å². The van der Waals surface area contributed by atoms with E-state index >= 15 is 0 Å². The lowest BCUT2D eigenvalue weighted by atomic mass is 9.98. The Morgan fingerprint density at radius 1 is 1.45 bits per heavy atom. The summed E-state index contributed by atoms with van der Waals surface area (Å²) in [6.07, 6.45) is 2.68. The van der Waals surface area contributed by atoms with Gasteiger partial charge < -0.3 is 11.1 Å². The number of piperazine rings is 1. The van der Waals surface area contributed by atoms with Gasteiger partial charge in [0.15, 0.2) is 0 Å². The number of halogens is 2. The van der Waals surface area contributed by atoms with Crippen LogP contribution < -0.4 is 11.1 Å². The van der Waals surface area contributed by atoms with Gasteiger partial charge in [-0.3, -0.25) is 4.90 Å². The summed E-state index contributed by atoms with van der Waals surface area (Å²) in [4.78, 5) is 6.68. The highest BCUT2D eigenvalue weighted by atomic mass is 35.5. The lowest BCUT2D eigenvalue weighted by Gasteiger charge is -2.35. The van der Waals surface area contributed by atoms with Crippen LogP contribution in [0.1, 0.15) is 24.9 Å². The fraction of sp³-hybridized carbons (Fsp3) is 0.500. The van der Waals surface area contributed by atoms with Crippen LogP contribution >= 0.6 is 24.8 Å². The fourth-order valence-electron chi connectivity index (χ4n) is 2.47. The Labute approximate surface area is 133 Å². The van der Waals surface area contributed by atoms with Gasteiger partial charge in [0.1, 0.15) is 5.82 Å². The molecule has 0 bridgehead atoms. The maximum absolute atomic E-state index is 6.02. The summed E-state index contributed by atoms with van der Waals surface area (Å²) in [7, 11) is 0. The average Bonchev–Trinajstić information content (AvgIpc) is 2.38. The summed E-state index contributed by atoms with van der Waals surface area (Å²) in [5, 5.41) is 3.38. The molecule has 0 aromatic carbocycles. The molecule has 0 radical (unpaired) electrons. The molecule has 0 aliphatic carbocycles. The van der Waals surface area contributed by atoms with Crippen molar-refractivity contribution in [1.82, 2.24) is 15.2 Å². The van der Waals surface area contributed by atoms with Gasteiger partial charge in [0.25, 0.3) is 0 Å². The number of pyridine rings is 1. The number of nitrogens with two attached hydrogens (primary N) is 1. The summed E-state index contributed by atoms with van der Waals surface area (Å²) in [5.74, 6) is 0.641. The maximum Gasteiger partial charge on any atom is 0.128 e. The lowest BCUT2D eigenvalue weighted by molar-refractivity contribution is 0.172. The third-order valence-corrected chi connectivity index (χ3v) is 3.36. The second-order valence-corrected chi connectivity index (χ2v) is 4.94. The molecule has 2 rings (SSSR count). The lowest BCUT2D eigenvalue weighted by Crippen LogP contribution is -2.45. The SMILES string of the molecule is C=C(C)C[C@@H](c1cccnc1N)N1CCNCC1.Cl.Cl. The van der Waals surface area contributed by atoms with E-state index in [1.807, 2.05) is 6.07 Å².